The van der Waals surface area contributed by atoms with Gasteiger partial charge in [-0.25, -0.2) is 0 Å². The van der Waals surface area contributed by atoms with Crippen molar-refractivity contribution >= 4 is 11.8 Å². The third-order valence-electron chi connectivity index (χ3n) is 6.20. The number of carbonyl (C=O) groups is 2. The van der Waals surface area contributed by atoms with Crippen molar-refractivity contribution in [1.29, 1.82) is 0 Å². The third-order valence-corrected chi connectivity index (χ3v) is 6.20. The van der Waals surface area contributed by atoms with Crippen molar-refractivity contribution in [2.24, 2.45) is 5.92 Å². The number of aromatic nitrogens is 3. The fourth-order valence-electron chi connectivity index (χ4n) is 4.44. The fraction of sp³-hybridized carbons (Fsp3) is 0.385. The van der Waals surface area contributed by atoms with E-state index in [0.717, 1.165) is 29.7 Å². The minimum atomic E-state index is -0.482. The number of benzene rings is 1. The normalized spacial score (nSPS) is 17.3. The van der Waals surface area contributed by atoms with Crippen LogP contribution in [0.15, 0.2) is 67.3 Å². The van der Waals surface area contributed by atoms with E-state index in [2.05, 4.69) is 41.3 Å². The SMILES string of the molecule is CCCN1CCN(C(=O)[C@H](C)Cn2cccn2)[C@H](Cc2ccc(-c3ccncc3)cc2)C1=O. The molecule has 0 saturated carbocycles. The minimum absolute atomic E-state index is 0.00778. The van der Waals surface area contributed by atoms with Gasteiger partial charge in [0.05, 0.1) is 12.5 Å². The van der Waals surface area contributed by atoms with Gasteiger partial charge >= 0.3 is 0 Å². The highest BCUT2D eigenvalue weighted by Gasteiger charge is 2.38. The summed E-state index contributed by atoms with van der Waals surface area (Å²) in [4.78, 5) is 34.5. The molecular weight excluding hydrogens is 414 g/mol. The van der Waals surface area contributed by atoms with Gasteiger partial charge in [0, 0.05) is 50.8 Å². The van der Waals surface area contributed by atoms with Gasteiger partial charge in [0.2, 0.25) is 11.8 Å². The minimum Gasteiger partial charge on any atom is -0.339 e. The van der Waals surface area contributed by atoms with E-state index in [1.165, 1.54) is 0 Å². The van der Waals surface area contributed by atoms with Crippen LogP contribution in [0.25, 0.3) is 11.1 Å². The summed E-state index contributed by atoms with van der Waals surface area (Å²) in [6.45, 7) is 6.36. The summed E-state index contributed by atoms with van der Waals surface area (Å²) in [6.07, 6.45) is 8.54. The summed E-state index contributed by atoms with van der Waals surface area (Å²) in [5.74, 6) is -0.207. The van der Waals surface area contributed by atoms with Crippen molar-refractivity contribution in [3.63, 3.8) is 0 Å². The van der Waals surface area contributed by atoms with E-state index in [4.69, 9.17) is 0 Å². The molecule has 33 heavy (non-hydrogen) atoms. The first-order chi connectivity index (χ1) is 16.1. The van der Waals surface area contributed by atoms with Crippen LogP contribution >= 0.6 is 0 Å². The summed E-state index contributed by atoms with van der Waals surface area (Å²) in [6, 6.07) is 13.6. The maximum Gasteiger partial charge on any atom is 0.245 e. The van der Waals surface area contributed by atoms with Crippen LogP contribution in [0.2, 0.25) is 0 Å². The first kappa shape index (κ1) is 22.7. The van der Waals surface area contributed by atoms with E-state index >= 15 is 0 Å². The molecular formula is C26H31N5O2. The van der Waals surface area contributed by atoms with Crippen molar-refractivity contribution < 1.29 is 9.59 Å². The Morgan fingerprint density at radius 2 is 1.79 bits per heavy atom. The zero-order chi connectivity index (χ0) is 23.2. The maximum atomic E-state index is 13.4. The highest BCUT2D eigenvalue weighted by atomic mass is 16.2. The number of carbonyl (C=O) groups excluding carboxylic acids is 2. The van der Waals surface area contributed by atoms with Gasteiger partial charge in [-0.05, 0) is 41.3 Å². The molecule has 4 rings (SSSR count). The largest absolute Gasteiger partial charge is 0.339 e. The van der Waals surface area contributed by atoms with Crippen LogP contribution in [-0.2, 0) is 22.6 Å². The monoisotopic (exact) mass is 445 g/mol. The van der Waals surface area contributed by atoms with Gasteiger partial charge in [-0.3, -0.25) is 19.3 Å². The predicted octanol–water partition coefficient (Wildman–Crippen LogP) is 3.27. The number of amides is 2. The van der Waals surface area contributed by atoms with Crippen molar-refractivity contribution in [2.75, 3.05) is 19.6 Å². The Balaban J connectivity index is 1.52. The molecule has 1 aromatic carbocycles. The third kappa shape index (κ3) is 5.30. The average molecular weight is 446 g/mol. The second-order valence-corrected chi connectivity index (χ2v) is 8.64. The van der Waals surface area contributed by atoms with Crippen molar-refractivity contribution in [3.05, 3.63) is 72.8 Å². The quantitative estimate of drug-likeness (QED) is 0.534. The van der Waals surface area contributed by atoms with Crippen LogP contribution in [0, 0.1) is 5.92 Å². The Bertz CT molecular complexity index is 1050. The first-order valence-corrected chi connectivity index (χ1v) is 11.6. The lowest BCUT2D eigenvalue weighted by Gasteiger charge is -2.41. The number of hydrogen-bond donors (Lipinski definition) is 0. The van der Waals surface area contributed by atoms with Gasteiger partial charge in [0.25, 0.3) is 0 Å². The molecule has 3 heterocycles. The standard InChI is InChI=1S/C26H31N5O2/c1-3-14-29-16-17-31(25(32)20(2)19-30-15-4-11-28-30)24(26(29)33)18-21-5-7-22(8-6-21)23-9-12-27-13-10-23/h4-13,15,20,24H,3,14,16-19H2,1-2H3/t20-,24-/m1/s1. The van der Waals surface area contributed by atoms with Crippen LogP contribution < -0.4 is 0 Å². The van der Waals surface area contributed by atoms with Crippen LogP contribution in [0.3, 0.4) is 0 Å². The fourth-order valence-corrected chi connectivity index (χ4v) is 4.44. The first-order valence-electron chi connectivity index (χ1n) is 11.6. The summed E-state index contributed by atoms with van der Waals surface area (Å²) in [7, 11) is 0. The average Bonchev–Trinajstić information content (AvgIpc) is 3.35. The zero-order valence-corrected chi connectivity index (χ0v) is 19.3. The maximum absolute atomic E-state index is 13.4. The number of rotatable bonds is 8. The molecule has 1 aliphatic heterocycles. The number of nitrogens with zero attached hydrogens (tertiary/aromatic N) is 5. The summed E-state index contributed by atoms with van der Waals surface area (Å²) >= 11 is 0. The Morgan fingerprint density at radius 3 is 2.45 bits per heavy atom. The predicted molar refractivity (Wildman–Crippen MR) is 127 cm³/mol. The molecule has 0 spiro atoms. The lowest BCUT2D eigenvalue weighted by atomic mass is 9.97. The summed E-state index contributed by atoms with van der Waals surface area (Å²) in [5.41, 5.74) is 3.25. The number of pyridine rings is 1. The molecule has 1 saturated heterocycles. The summed E-state index contributed by atoms with van der Waals surface area (Å²) < 4.78 is 1.77. The topological polar surface area (TPSA) is 71.3 Å². The van der Waals surface area contributed by atoms with E-state index in [9.17, 15) is 9.59 Å². The highest BCUT2D eigenvalue weighted by molar-refractivity contribution is 5.90. The molecule has 1 fully saturated rings. The Hall–Kier alpha value is -3.48. The molecule has 172 valence electrons. The molecule has 0 radical (unpaired) electrons. The van der Waals surface area contributed by atoms with Crippen LogP contribution in [0.4, 0.5) is 0 Å². The van der Waals surface area contributed by atoms with Gasteiger partial charge < -0.3 is 9.80 Å². The smallest absolute Gasteiger partial charge is 0.245 e. The summed E-state index contributed by atoms with van der Waals surface area (Å²) in [5, 5.41) is 4.22. The molecule has 7 nitrogen and oxygen atoms in total. The van der Waals surface area contributed by atoms with E-state index in [0.29, 0.717) is 26.1 Å². The number of hydrogen-bond acceptors (Lipinski definition) is 4. The lowest BCUT2D eigenvalue weighted by Crippen LogP contribution is -2.60. The second-order valence-electron chi connectivity index (χ2n) is 8.64. The van der Waals surface area contributed by atoms with Crippen molar-refractivity contribution in [1.82, 2.24) is 24.6 Å². The van der Waals surface area contributed by atoms with Crippen LogP contribution in [0.1, 0.15) is 25.8 Å². The van der Waals surface area contributed by atoms with Crippen molar-refractivity contribution in [3.8, 4) is 11.1 Å². The van der Waals surface area contributed by atoms with Gasteiger partial charge in [0.1, 0.15) is 6.04 Å². The van der Waals surface area contributed by atoms with Gasteiger partial charge in [0.15, 0.2) is 0 Å². The zero-order valence-electron chi connectivity index (χ0n) is 19.3. The van der Waals surface area contributed by atoms with E-state index < -0.39 is 6.04 Å². The second kappa shape index (κ2) is 10.4. The lowest BCUT2D eigenvalue weighted by molar-refractivity contribution is -0.153. The molecule has 0 aliphatic carbocycles. The molecule has 7 heteroatoms. The Morgan fingerprint density at radius 1 is 1.06 bits per heavy atom. The number of piperazine rings is 1. The molecule has 0 unspecified atom stereocenters. The van der Waals surface area contributed by atoms with Gasteiger partial charge in [-0.2, -0.15) is 5.10 Å². The molecule has 2 amide bonds. The molecule has 2 atom stereocenters. The Labute approximate surface area is 195 Å². The van der Waals surface area contributed by atoms with E-state index in [1.807, 2.05) is 36.2 Å². The van der Waals surface area contributed by atoms with Gasteiger partial charge in [-0.1, -0.05) is 38.1 Å². The van der Waals surface area contributed by atoms with Gasteiger partial charge in [-0.15, -0.1) is 0 Å². The molecule has 0 bridgehead atoms. The molecule has 0 N–H and O–H groups in total. The van der Waals surface area contributed by atoms with E-state index in [1.54, 1.807) is 28.2 Å². The van der Waals surface area contributed by atoms with Crippen molar-refractivity contribution in [2.45, 2.75) is 39.3 Å². The highest BCUT2D eigenvalue weighted by Crippen LogP contribution is 2.23. The Kier molecular flexibility index (Phi) is 7.17. The molecule has 1 aliphatic rings. The molecule has 3 aromatic rings. The molecule has 2 aromatic heterocycles. The van der Waals surface area contributed by atoms with Crippen LogP contribution in [0.5, 0.6) is 0 Å². The van der Waals surface area contributed by atoms with E-state index in [-0.39, 0.29) is 17.7 Å². The van der Waals surface area contributed by atoms with Crippen LogP contribution in [-0.4, -0.2) is 62.1 Å².